The van der Waals surface area contributed by atoms with E-state index in [0.29, 0.717) is 11.2 Å². The standard InChI is InChI=1S/C24H19ClF3N5O2/c1-13(29)21-31-19-11-5-9-17(25)20(19)22(34)33(21)15-7-4-6-14(12-15)30-23(35)32-18-10-3-2-8-16(18)24(26,27)28/h2-13H,29H2,1H3,(H2,30,32,35)/t13-/m0/s1. The lowest BCUT2D eigenvalue weighted by atomic mass is 10.1. The summed E-state index contributed by atoms with van der Waals surface area (Å²) in [5.41, 5.74) is 5.22. The highest BCUT2D eigenvalue weighted by Crippen LogP contribution is 2.34. The van der Waals surface area contributed by atoms with E-state index in [-0.39, 0.29) is 21.9 Å². The number of amides is 2. The Balaban J connectivity index is 1.70. The molecule has 3 aromatic carbocycles. The van der Waals surface area contributed by atoms with Crippen molar-refractivity contribution in [3.63, 3.8) is 0 Å². The lowest BCUT2D eigenvalue weighted by Crippen LogP contribution is -2.28. The van der Waals surface area contributed by atoms with Gasteiger partial charge in [-0.3, -0.25) is 9.36 Å². The number of urea groups is 1. The van der Waals surface area contributed by atoms with Crippen LogP contribution in [0.15, 0.2) is 71.5 Å². The molecule has 4 aromatic rings. The number of nitrogens with two attached hydrogens (primary N) is 1. The number of halogens is 4. The molecule has 0 aliphatic heterocycles. The molecule has 35 heavy (non-hydrogen) atoms. The Morgan fingerprint density at radius 1 is 1.06 bits per heavy atom. The first-order valence-electron chi connectivity index (χ1n) is 10.4. The molecule has 0 fully saturated rings. The fourth-order valence-electron chi connectivity index (χ4n) is 3.61. The maximum absolute atomic E-state index is 13.4. The average molecular weight is 502 g/mol. The fourth-order valence-corrected chi connectivity index (χ4v) is 3.86. The van der Waals surface area contributed by atoms with Gasteiger partial charge in [-0.25, -0.2) is 9.78 Å². The number of benzene rings is 3. The first kappa shape index (κ1) is 24.2. The van der Waals surface area contributed by atoms with Gasteiger partial charge in [0.25, 0.3) is 5.56 Å². The molecular formula is C24H19ClF3N5O2. The van der Waals surface area contributed by atoms with Gasteiger partial charge in [0.05, 0.1) is 38.9 Å². The van der Waals surface area contributed by atoms with Gasteiger partial charge < -0.3 is 16.4 Å². The lowest BCUT2D eigenvalue weighted by Gasteiger charge is -2.17. The van der Waals surface area contributed by atoms with E-state index in [2.05, 4.69) is 15.6 Å². The van der Waals surface area contributed by atoms with Crippen LogP contribution in [0.1, 0.15) is 24.4 Å². The summed E-state index contributed by atoms with van der Waals surface area (Å²) in [7, 11) is 0. The van der Waals surface area contributed by atoms with Crippen LogP contribution in [-0.2, 0) is 6.18 Å². The molecule has 11 heteroatoms. The number of rotatable bonds is 4. The largest absolute Gasteiger partial charge is 0.418 e. The third kappa shape index (κ3) is 4.98. The van der Waals surface area contributed by atoms with Crippen LogP contribution in [0.3, 0.4) is 0 Å². The molecule has 1 heterocycles. The number of nitrogens with zero attached hydrogens (tertiary/aromatic N) is 2. The molecule has 0 aliphatic rings. The second-order valence-electron chi connectivity index (χ2n) is 7.71. The number of hydrogen-bond acceptors (Lipinski definition) is 4. The molecule has 0 unspecified atom stereocenters. The number of carbonyl (C=O) groups excluding carboxylic acids is 1. The van der Waals surface area contributed by atoms with Gasteiger partial charge in [-0.2, -0.15) is 13.2 Å². The number of alkyl halides is 3. The van der Waals surface area contributed by atoms with Crippen molar-refractivity contribution in [2.24, 2.45) is 5.73 Å². The second-order valence-corrected chi connectivity index (χ2v) is 8.11. The van der Waals surface area contributed by atoms with Crippen molar-refractivity contribution in [3.05, 3.63) is 93.5 Å². The topological polar surface area (TPSA) is 102 Å². The summed E-state index contributed by atoms with van der Waals surface area (Å²) in [5.74, 6) is 0.269. The summed E-state index contributed by atoms with van der Waals surface area (Å²) in [6.07, 6.45) is -4.63. The predicted molar refractivity (Wildman–Crippen MR) is 129 cm³/mol. The maximum atomic E-state index is 13.4. The zero-order valence-corrected chi connectivity index (χ0v) is 19.0. The van der Waals surface area contributed by atoms with Gasteiger partial charge in [0, 0.05) is 5.69 Å². The number of fused-ring (bicyclic) bond motifs is 1. The van der Waals surface area contributed by atoms with Gasteiger partial charge in [0.15, 0.2) is 0 Å². The van der Waals surface area contributed by atoms with Crippen LogP contribution in [0, 0.1) is 0 Å². The average Bonchev–Trinajstić information content (AvgIpc) is 2.78. The smallest absolute Gasteiger partial charge is 0.322 e. The summed E-state index contributed by atoms with van der Waals surface area (Å²) in [4.78, 5) is 30.3. The molecular weight excluding hydrogens is 483 g/mol. The van der Waals surface area contributed by atoms with Crippen molar-refractivity contribution in [2.45, 2.75) is 19.1 Å². The van der Waals surface area contributed by atoms with E-state index in [0.717, 1.165) is 12.1 Å². The van der Waals surface area contributed by atoms with E-state index in [9.17, 15) is 22.8 Å². The fraction of sp³-hybridized carbons (Fsp3) is 0.125. The minimum atomic E-state index is -4.63. The monoisotopic (exact) mass is 501 g/mol. The molecule has 0 saturated heterocycles. The third-order valence-electron chi connectivity index (χ3n) is 5.12. The van der Waals surface area contributed by atoms with Gasteiger partial charge in [0.1, 0.15) is 5.82 Å². The summed E-state index contributed by atoms with van der Waals surface area (Å²) in [5, 5.41) is 5.13. The first-order valence-corrected chi connectivity index (χ1v) is 10.8. The molecule has 4 N–H and O–H groups in total. The lowest BCUT2D eigenvalue weighted by molar-refractivity contribution is -0.136. The molecule has 4 rings (SSSR count). The normalized spacial score (nSPS) is 12.4. The second kappa shape index (κ2) is 9.40. The van der Waals surface area contributed by atoms with Crippen molar-refractivity contribution < 1.29 is 18.0 Å². The molecule has 1 atom stereocenters. The summed E-state index contributed by atoms with van der Waals surface area (Å²) in [6.45, 7) is 1.67. The molecule has 0 bridgehead atoms. The van der Waals surface area contributed by atoms with Crippen molar-refractivity contribution in [2.75, 3.05) is 10.6 Å². The zero-order valence-electron chi connectivity index (χ0n) is 18.2. The van der Waals surface area contributed by atoms with Crippen LogP contribution in [0.4, 0.5) is 29.3 Å². The predicted octanol–water partition coefficient (Wildman–Crippen LogP) is 5.72. The van der Waals surface area contributed by atoms with Crippen LogP contribution < -0.4 is 21.9 Å². The number of anilines is 2. The quantitative estimate of drug-likeness (QED) is 0.333. The van der Waals surface area contributed by atoms with Crippen LogP contribution in [-0.4, -0.2) is 15.6 Å². The Labute approximate surface area is 202 Å². The minimum absolute atomic E-state index is 0.207. The molecule has 0 spiro atoms. The van der Waals surface area contributed by atoms with Gasteiger partial charge in [-0.1, -0.05) is 35.9 Å². The first-order chi connectivity index (χ1) is 16.6. The SMILES string of the molecule is C[C@H](N)c1nc2cccc(Cl)c2c(=O)n1-c1cccc(NC(=O)Nc2ccccc2C(F)(F)F)c1. The Morgan fingerprint density at radius 2 is 1.77 bits per heavy atom. The third-order valence-corrected chi connectivity index (χ3v) is 5.44. The van der Waals surface area contributed by atoms with Gasteiger partial charge in [0.2, 0.25) is 0 Å². The molecule has 0 aliphatic carbocycles. The number of nitrogens with one attached hydrogen (secondary N) is 2. The Hall–Kier alpha value is -3.89. The number of aromatic nitrogens is 2. The van der Waals surface area contributed by atoms with E-state index in [1.165, 1.54) is 28.8 Å². The zero-order chi connectivity index (χ0) is 25.3. The highest BCUT2D eigenvalue weighted by atomic mass is 35.5. The van der Waals surface area contributed by atoms with Crippen LogP contribution in [0.25, 0.3) is 16.6 Å². The van der Waals surface area contributed by atoms with Crippen molar-refractivity contribution in [1.29, 1.82) is 0 Å². The van der Waals surface area contributed by atoms with E-state index in [4.69, 9.17) is 17.3 Å². The Kier molecular flexibility index (Phi) is 6.51. The van der Waals surface area contributed by atoms with Gasteiger partial charge >= 0.3 is 12.2 Å². The number of carbonyl (C=O) groups is 1. The summed E-state index contributed by atoms with van der Waals surface area (Å²) >= 11 is 6.25. The molecule has 2 amide bonds. The summed E-state index contributed by atoms with van der Waals surface area (Å²) < 4.78 is 40.9. The molecule has 1 aromatic heterocycles. The van der Waals surface area contributed by atoms with Crippen LogP contribution in [0.5, 0.6) is 0 Å². The van der Waals surface area contributed by atoms with E-state index < -0.39 is 35.1 Å². The molecule has 0 saturated carbocycles. The van der Waals surface area contributed by atoms with Gasteiger partial charge in [-0.05, 0) is 49.4 Å². The van der Waals surface area contributed by atoms with Crippen molar-refractivity contribution >= 4 is 39.9 Å². The highest BCUT2D eigenvalue weighted by Gasteiger charge is 2.33. The van der Waals surface area contributed by atoms with Crippen molar-refractivity contribution in [1.82, 2.24) is 9.55 Å². The van der Waals surface area contributed by atoms with Gasteiger partial charge in [-0.15, -0.1) is 0 Å². The van der Waals surface area contributed by atoms with E-state index >= 15 is 0 Å². The van der Waals surface area contributed by atoms with Crippen molar-refractivity contribution in [3.8, 4) is 5.69 Å². The highest BCUT2D eigenvalue weighted by molar-refractivity contribution is 6.35. The van der Waals surface area contributed by atoms with Crippen LogP contribution in [0.2, 0.25) is 5.02 Å². The van der Waals surface area contributed by atoms with E-state index in [1.807, 2.05) is 0 Å². The Morgan fingerprint density at radius 3 is 2.49 bits per heavy atom. The van der Waals surface area contributed by atoms with Crippen LogP contribution >= 0.6 is 11.6 Å². The molecule has 7 nitrogen and oxygen atoms in total. The minimum Gasteiger partial charge on any atom is -0.322 e. The molecule has 180 valence electrons. The number of para-hydroxylation sites is 1. The Bertz CT molecular complexity index is 1480. The molecule has 0 radical (unpaired) electrons. The van der Waals surface area contributed by atoms with E-state index in [1.54, 1.807) is 37.3 Å². The summed E-state index contributed by atoms with van der Waals surface area (Å²) in [6, 6.07) is 14.2. The maximum Gasteiger partial charge on any atom is 0.418 e. The number of hydrogen-bond donors (Lipinski definition) is 3.